The van der Waals surface area contributed by atoms with Gasteiger partial charge in [-0.3, -0.25) is 14.4 Å². The van der Waals surface area contributed by atoms with Crippen LogP contribution in [0.1, 0.15) is 21.6 Å². The Bertz CT molecular complexity index is 592. The van der Waals surface area contributed by atoms with E-state index in [1.54, 1.807) is 0 Å². The minimum absolute atomic E-state index is 0.162. The molecule has 19 heavy (non-hydrogen) atoms. The lowest BCUT2D eigenvalue weighted by molar-refractivity contribution is -0.135. The van der Waals surface area contributed by atoms with Gasteiger partial charge in [-0.25, -0.2) is 0 Å². The van der Waals surface area contributed by atoms with Crippen LogP contribution in [0.4, 0.5) is 0 Å². The molecule has 0 spiro atoms. The van der Waals surface area contributed by atoms with Gasteiger partial charge >= 0.3 is 5.97 Å². The number of aromatic hydroxyl groups is 1. The number of amides is 1. The van der Waals surface area contributed by atoms with Gasteiger partial charge in [0, 0.05) is 12.0 Å². The molecule has 1 aromatic heterocycles. The Labute approximate surface area is 107 Å². The van der Waals surface area contributed by atoms with Crippen molar-refractivity contribution in [1.29, 1.82) is 0 Å². The molecular weight excluding hydrogens is 256 g/mol. The van der Waals surface area contributed by atoms with Crippen LogP contribution in [0.15, 0.2) is 4.79 Å². The fourth-order valence-corrected chi connectivity index (χ4v) is 1.87. The van der Waals surface area contributed by atoms with Crippen molar-refractivity contribution >= 4 is 11.9 Å². The van der Waals surface area contributed by atoms with Gasteiger partial charge in [0.1, 0.15) is 17.9 Å². The summed E-state index contributed by atoms with van der Waals surface area (Å²) in [6.45, 7) is -0.0874. The van der Waals surface area contributed by atoms with E-state index in [9.17, 15) is 19.5 Å². The second-order valence-electron chi connectivity index (χ2n) is 4.01. The number of rotatable bonds is 3. The quantitative estimate of drug-likeness (QED) is 0.554. The topological polar surface area (TPSA) is 129 Å². The molecule has 0 bridgehead atoms. The zero-order valence-corrected chi connectivity index (χ0v) is 9.86. The number of pyridine rings is 1. The van der Waals surface area contributed by atoms with E-state index in [4.69, 9.17) is 9.84 Å². The molecule has 2 heterocycles. The van der Waals surface area contributed by atoms with Crippen LogP contribution >= 0.6 is 0 Å². The van der Waals surface area contributed by atoms with E-state index in [0.29, 0.717) is 24.3 Å². The number of carboxylic acid groups (broad SMARTS) is 1. The van der Waals surface area contributed by atoms with Crippen LogP contribution in [-0.2, 0) is 22.6 Å². The smallest absolute Gasteiger partial charge is 0.322 e. The van der Waals surface area contributed by atoms with Crippen LogP contribution < -0.4 is 10.9 Å². The average Bonchev–Trinajstić information content (AvgIpc) is 2.36. The average molecular weight is 268 g/mol. The van der Waals surface area contributed by atoms with Gasteiger partial charge in [-0.05, 0) is 0 Å². The molecule has 0 fully saturated rings. The fourth-order valence-electron chi connectivity index (χ4n) is 1.87. The highest BCUT2D eigenvalue weighted by Gasteiger charge is 2.24. The number of aromatic nitrogens is 1. The number of nitrogens with one attached hydrogen (secondary N) is 2. The molecule has 0 radical (unpaired) electrons. The molecule has 0 aliphatic carbocycles. The molecule has 2 rings (SSSR count). The number of hydrogen-bond donors (Lipinski definition) is 4. The Kier molecular flexibility index (Phi) is 3.52. The van der Waals surface area contributed by atoms with E-state index in [1.807, 2.05) is 5.32 Å². The number of H-pyrrole nitrogens is 1. The molecule has 0 saturated heterocycles. The van der Waals surface area contributed by atoms with Crippen molar-refractivity contribution < 1.29 is 24.5 Å². The Morgan fingerprint density at radius 3 is 2.84 bits per heavy atom. The molecule has 1 aliphatic rings. The van der Waals surface area contributed by atoms with Crippen molar-refractivity contribution in [3.05, 3.63) is 27.2 Å². The first kappa shape index (κ1) is 13.1. The number of fused-ring (bicyclic) bond motifs is 1. The predicted molar refractivity (Wildman–Crippen MR) is 62.1 cm³/mol. The maximum absolute atomic E-state index is 11.7. The van der Waals surface area contributed by atoms with Gasteiger partial charge in [0.05, 0.1) is 18.9 Å². The van der Waals surface area contributed by atoms with Crippen LogP contribution in [-0.4, -0.2) is 40.2 Å². The normalized spacial score (nSPS) is 13.7. The van der Waals surface area contributed by atoms with Gasteiger partial charge < -0.3 is 25.3 Å². The van der Waals surface area contributed by atoms with E-state index in [2.05, 4.69) is 4.98 Å². The van der Waals surface area contributed by atoms with Crippen LogP contribution in [0.25, 0.3) is 0 Å². The van der Waals surface area contributed by atoms with Crippen molar-refractivity contribution in [2.75, 3.05) is 13.2 Å². The molecule has 4 N–H and O–H groups in total. The maximum atomic E-state index is 11.7. The minimum Gasteiger partial charge on any atom is -0.507 e. The Morgan fingerprint density at radius 1 is 1.42 bits per heavy atom. The lowest BCUT2D eigenvalue weighted by Crippen LogP contribution is -2.34. The van der Waals surface area contributed by atoms with Gasteiger partial charge in [-0.15, -0.1) is 0 Å². The fraction of sp³-hybridized carbons (Fsp3) is 0.364. The van der Waals surface area contributed by atoms with Crippen LogP contribution in [0.2, 0.25) is 0 Å². The highest BCUT2D eigenvalue weighted by Crippen LogP contribution is 2.25. The number of aliphatic carboxylic acids is 1. The zero-order chi connectivity index (χ0) is 14.0. The lowest BCUT2D eigenvalue weighted by atomic mass is 10.0. The van der Waals surface area contributed by atoms with Crippen LogP contribution in [0.3, 0.4) is 0 Å². The number of carbonyl (C=O) groups is 2. The van der Waals surface area contributed by atoms with Gasteiger partial charge in [0.2, 0.25) is 0 Å². The number of ether oxygens (including phenoxy) is 1. The van der Waals surface area contributed by atoms with E-state index < -0.39 is 35.3 Å². The van der Waals surface area contributed by atoms with Gasteiger partial charge in [-0.2, -0.15) is 0 Å². The summed E-state index contributed by atoms with van der Waals surface area (Å²) in [5, 5.41) is 20.5. The molecule has 0 saturated carbocycles. The second kappa shape index (κ2) is 5.11. The standard InChI is InChI=1S/C11H12N2O6/c14-7(15)3-12-10(17)8-9(16)5-1-2-19-4-6(5)13-11(8)18/h1-4H2,(H,12,17)(H,14,15)(H2,13,16,18). The molecule has 1 aromatic rings. The third-order valence-corrected chi connectivity index (χ3v) is 2.75. The van der Waals surface area contributed by atoms with Crippen LogP contribution in [0, 0.1) is 0 Å². The summed E-state index contributed by atoms with van der Waals surface area (Å²) < 4.78 is 5.13. The van der Waals surface area contributed by atoms with E-state index in [0.717, 1.165) is 0 Å². The van der Waals surface area contributed by atoms with Crippen molar-refractivity contribution in [2.45, 2.75) is 13.0 Å². The molecule has 8 heteroatoms. The molecule has 102 valence electrons. The summed E-state index contributed by atoms with van der Waals surface area (Å²) in [5.74, 6) is -2.57. The SMILES string of the molecule is O=C(O)CNC(=O)c1c(O)c2c([nH]c1=O)COCC2. The Hall–Kier alpha value is -2.35. The third kappa shape index (κ3) is 2.58. The van der Waals surface area contributed by atoms with Crippen molar-refractivity contribution in [2.24, 2.45) is 0 Å². The van der Waals surface area contributed by atoms with Crippen molar-refractivity contribution in [1.82, 2.24) is 10.3 Å². The van der Waals surface area contributed by atoms with Crippen LogP contribution in [0.5, 0.6) is 5.75 Å². The molecule has 1 aliphatic heterocycles. The zero-order valence-electron chi connectivity index (χ0n) is 9.86. The first-order valence-electron chi connectivity index (χ1n) is 5.55. The highest BCUT2D eigenvalue weighted by molar-refractivity contribution is 5.98. The maximum Gasteiger partial charge on any atom is 0.322 e. The number of carbonyl (C=O) groups excluding carboxylic acids is 1. The summed E-state index contributed by atoms with van der Waals surface area (Å²) in [7, 11) is 0. The summed E-state index contributed by atoms with van der Waals surface area (Å²) in [5.41, 5.74) is -0.360. The van der Waals surface area contributed by atoms with E-state index in [1.165, 1.54) is 0 Å². The summed E-state index contributed by atoms with van der Waals surface area (Å²) >= 11 is 0. The van der Waals surface area contributed by atoms with Gasteiger partial charge in [0.15, 0.2) is 0 Å². The van der Waals surface area contributed by atoms with E-state index >= 15 is 0 Å². The molecule has 0 aromatic carbocycles. The largest absolute Gasteiger partial charge is 0.507 e. The predicted octanol–water partition coefficient (Wildman–Crippen LogP) is -1.03. The number of carboxylic acids is 1. The molecular formula is C11H12N2O6. The molecule has 0 unspecified atom stereocenters. The third-order valence-electron chi connectivity index (χ3n) is 2.75. The summed E-state index contributed by atoms with van der Waals surface area (Å²) in [6, 6.07) is 0. The molecule has 1 amide bonds. The number of aromatic amines is 1. The molecule has 0 atom stereocenters. The Balaban J connectivity index is 2.38. The molecule has 8 nitrogen and oxygen atoms in total. The monoisotopic (exact) mass is 268 g/mol. The van der Waals surface area contributed by atoms with Gasteiger partial charge in [0.25, 0.3) is 11.5 Å². The van der Waals surface area contributed by atoms with Crippen molar-refractivity contribution in [3.63, 3.8) is 0 Å². The first-order valence-corrected chi connectivity index (χ1v) is 5.55. The Morgan fingerprint density at radius 2 is 2.16 bits per heavy atom. The highest BCUT2D eigenvalue weighted by atomic mass is 16.5. The van der Waals surface area contributed by atoms with Gasteiger partial charge in [-0.1, -0.05) is 0 Å². The van der Waals surface area contributed by atoms with E-state index in [-0.39, 0.29) is 6.61 Å². The lowest BCUT2D eigenvalue weighted by Gasteiger charge is -2.18. The second-order valence-corrected chi connectivity index (χ2v) is 4.01. The van der Waals surface area contributed by atoms with Crippen molar-refractivity contribution in [3.8, 4) is 5.75 Å². The minimum atomic E-state index is -1.24. The summed E-state index contributed by atoms with van der Waals surface area (Å²) in [6.07, 6.45) is 0.372. The summed E-state index contributed by atoms with van der Waals surface area (Å²) in [4.78, 5) is 36.2. The number of hydrogen-bond acceptors (Lipinski definition) is 5. The first-order chi connectivity index (χ1) is 9.00.